The summed E-state index contributed by atoms with van der Waals surface area (Å²) in [6.45, 7) is 2.74. The Balaban J connectivity index is 1.66. The Labute approximate surface area is 151 Å². The Kier molecular flexibility index (Phi) is 5.59. The van der Waals surface area contributed by atoms with Crippen LogP contribution in [0.5, 0.6) is 5.75 Å². The predicted octanol–water partition coefficient (Wildman–Crippen LogP) is 2.12. The molecule has 1 saturated heterocycles. The van der Waals surface area contributed by atoms with E-state index >= 15 is 0 Å². The number of halogens is 1. The highest BCUT2D eigenvalue weighted by Crippen LogP contribution is 2.26. The van der Waals surface area contributed by atoms with Gasteiger partial charge in [-0.15, -0.1) is 0 Å². The minimum absolute atomic E-state index is 0.0950. The molecule has 0 unspecified atom stereocenters. The molecular weight excluding hydrogens is 363 g/mol. The maximum atomic E-state index is 14.3. The van der Waals surface area contributed by atoms with Gasteiger partial charge in [-0.05, 0) is 31.5 Å². The van der Waals surface area contributed by atoms with E-state index in [4.69, 9.17) is 14.0 Å². The number of aryl methyl sites for hydroxylation is 1. The van der Waals surface area contributed by atoms with E-state index in [0.717, 1.165) is 6.26 Å². The molecule has 2 aromatic rings. The van der Waals surface area contributed by atoms with Gasteiger partial charge in [0.05, 0.1) is 19.5 Å². The van der Waals surface area contributed by atoms with Crippen LogP contribution in [0, 0.1) is 18.7 Å². The number of sulfonamides is 1. The SMILES string of the molecule is Cc1cc(-c2ccc(OC[C@H]3COCC[C@@H]3NS(C)(=O)=O)c(F)c2)no1. The van der Waals surface area contributed by atoms with Gasteiger partial charge < -0.3 is 14.0 Å². The fraction of sp³-hybridized carbons (Fsp3) is 0.471. The third kappa shape index (κ3) is 4.80. The maximum Gasteiger partial charge on any atom is 0.208 e. The van der Waals surface area contributed by atoms with E-state index in [2.05, 4.69) is 9.88 Å². The third-order valence-corrected chi connectivity index (χ3v) is 4.88. The lowest BCUT2D eigenvalue weighted by atomic mass is 9.98. The van der Waals surface area contributed by atoms with E-state index in [1.807, 2.05) is 0 Å². The van der Waals surface area contributed by atoms with Crippen molar-refractivity contribution in [3.8, 4) is 17.0 Å². The maximum absolute atomic E-state index is 14.3. The molecule has 142 valence electrons. The van der Waals surface area contributed by atoms with Gasteiger partial charge in [0.1, 0.15) is 11.5 Å². The Morgan fingerprint density at radius 2 is 2.19 bits per heavy atom. The summed E-state index contributed by atoms with van der Waals surface area (Å²) in [5.74, 6) is 0.0170. The van der Waals surface area contributed by atoms with Gasteiger partial charge in [-0.2, -0.15) is 0 Å². The molecule has 1 aromatic carbocycles. The molecule has 2 heterocycles. The molecule has 1 N–H and O–H groups in total. The summed E-state index contributed by atoms with van der Waals surface area (Å²) in [6, 6.07) is 5.97. The topological polar surface area (TPSA) is 90.7 Å². The minimum Gasteiger partial charge on any atom is -0.490 e. The van der Waals surface area contributed by atoms with Crippen LogP contribution in [0.3, 0.4) is 0 Å². The second-order valence-electron chi connectivity index (χ2n) is 6.40. The molecule has 2 atom stereocenters. The van der Waals surface area contributed by atoms with Gasteiger partial charge >= 0.3 is 0 Å². The molecule has 1 aromatic heterocycles. The van der Waals surface area contributed by atoms with Crippen molar-refractivity contribution >= 4 is 10.0 Å². The molecule has 9 heteroatoms. The molecule has 0 saturated carbocycles. The van der Waals surface area contributed by atoms with Crippen molar-refractivity contribution in [2.75, 3.05) is 26.1 Å². The van der Waals surface area contributed by atoms with Crippen molar-refractivity contribution in [2.24, 2.45) is 5.92 Å². The van der Waals surface area contributed by atoms with E-state index < -0.39 is 15.8 Å². The summed E-state index contributed by atoms with van der Waals surface area (Å²) in [6.07, 6.45) is 1.67. The van der Waals surface area contributed by atoms with Gasteiger partial charge in [0.15, 0.2) is 11.6 Å². The zero-order valence-electron chi connectivity index (χ0n) is 14.6. The first-order valence-electron chi connectivity index (χ1n) is 8.23. The molecule has 1 aliphatic rings. The van der Waals surface area contributed by atoms with Crippen molar-refractivity contribution in [1.29, 1.82) is 0 Å². The number of hydrogen-bond acceptors (Lipinski definition) is 6. The Morgan fingerprint density at radius 3 is 2.85 bits per heavy atom. The van der Waals surface area contributed by atoms with Gasteiger partial charge in [-0.1, -0.05) is 5.16 Å². The van der Waals surface area contributed by atoms with Crippen LogP contribution in [0.4, 0.5) is 4.39 Å². The van der Waals surface area contributed by atoms with Crippen molar-refractivity contribution in [3.63, 3.8) is 0 Å². The Bertz CT molecular complexity index is 868. The average molecular weight is 384 g/mol. The lowest BCUT2D eigenvalue weighted by Crippen LogP contribution is -2.47. The first-order chi connectivity index (χ1) is 12.3. The summed E-state index contributed by atoms with van der Waals surface area (Å²) in [5.41, 5.74) is 1.13. The van der Waals surface area contributed by atoms with Crippen LogP contribution in [0.25, 0.3) is 11.3 Å². The first-order valence-corrected chi connectivity index (χ1v) is 10.1. The highest BCUT2D eigenvalue weighted by atomic mass is 32.2. The van der Waals surface area contributed by atoms with Crippen LogP contribution in [0.15, 0.2) is 28.8 Å². The van der Waals surface area contributed by atoms with Crippen molar-refractivity contribution in [3.05, 3.63) is 35.8 Å². The number of hydrogen-bond donors (Lipinski definition) is 1. The second-order valence-corrected chi connectivity index (χ2v) is 8.18. The lowest BCUT2D eigenvalue weighted by molar-refractivity contribution is 0.0181. The molecule has 1 fully saturated rings. The van der Waals surface area contributed by atoms with Gasteiger partial charge in [-0.25, -0.2) is 17.5 Å². The zero-order chi connectivity index (χ0) is 18.7. The fourth-order valence-electron chi connectivity index (χ4n) is 2.87. The monoisotopic (exact) mass is 384 g/mol. The normalized spacial score (nSPS) is 20.9. The lowest BCUT2D eigenvalue weighted by Gasteiger charge is -2.31. The van der Waals surface area contributed by atoms with E-state index in [0.29, 0.717) is 36.7 Å². The molecule has 0 spiro atoms. The summed E-state index contributed by atoms with van der Waals surface area (Å²) in [4.78, 5) is 0. The molecule has 7 nitrogen and oxygen atoms in total. The Hall–Kier alpha value is -1.97. The molecule has 26 heavy (non-hydrogen) atoms. The molecule has 0 bridgehead atoms. The van der Waals surface area contributed by atoms with E-state index in [1.165, 1.54) is 12.1 Å². The summed E-state index contributed by atoms with van der Waals surface area (Å²) < 4.78 is 55.9. The quantitative estimate of drug-likeness (QED) is 0.820. The zero-order valence-corrected chi connectivity index (χ0v) is 15.4. The number of nitrogens with zero attached hydrogens (tertiary/aromatic N) is 1. The van der Waals surface area contributed by atoms with Crippen LogP contribution in [-0.2, 0) is 14.8 Å². The number of benzene rings is 1. The highest BCUT2D eigenvalue weighted by molar-refractivity contribution is 7.88. The summed E-state index contributed by atoms with van der Waals surface area (Å²) >= 11 is 0. The van der Waals surface area contributed by atoms with Gasteiger partial charge in [0.25, 0.3) is 0 Å². The smallest absolute Gasteiger partial charge is 0.208 e. The molecule has 1 aliphatic heterocycles. The fourth-order valence-corrected chi connectivity index (χ4v) is 3.73. The van der Waals surface area contributed by atoms with Crippen LogP contribution in [0.1, 0.15) is 12.2 Å². The van der Waals surface area contributed by atoms with E-state index in [-0.39, 0.29) is 24.3 Å². The third-order valence-electron chi connectivity index (χ3n) is 4.15. The van der Waals surface area contributed by atoms with Crippen LogP contribution >= 0.6 is 0 Å². The van der Waals surface area contributed by atoms with Gasteiger partial charge in [0.2, 0.25) is 10.0 Å². The largest absolute Gasteiger partial charge is 0.490 e. The van der Waals surface area contributed by atoms with Gasteiger partial charge in [-0.3, -0.25) is 0 Å². The molecule has 3 rings (SSSR count). The van der Waals surface area contributed by atoms with Crippen molar-refractivity contribution < 1.29 is 26.8 Å². The highest BCUT2D eigenvalue weighted by Gasteiger charge is 2.29. The van der Waals surface area contributed by atoms with Crippen LogP contribution in [0.2, 0.25) is 0 Å². The predicted molar refractivity (Wildman–Crippen MR) is 92.8 cm³/mol. The Morgan fingerprint density at radius 1 is 1.38 bits per heavy atom. The van der Waals surface area contributed by atoms with Crippen molar-refractivity contribution in [2.45, 2.75) is 19.4 Å². The number of nitrogens with one attached hydrogen (secondary N) is 1. The second kappa shape index (κ2) is 7.73. The first kappa shape index (κ1) is 18.8. The number of aromatic nitrogens is 1. The molecule has 0 amide bonds. The van der Waals surface area contributed by atoms with E-state index in [1.54, 1.807) is 19.1 Å². The molecular formula is C17H21FN2O5S. The number of ether oxygens (including phenoxy) is 2. The van der Waals surface area contributed by atoms with Crippen LogP contribution < -0.4 is 9.46 Å². The van der Waals surface area contributed by atoms with Gasteiger partial charge in [0, 0.05) is 30.2 Å². The molecule has 0 aliphatic carbocycles. The standard InChI is InChI=1S/C17H21FN2O5S/c1-11-7-16(19-25-11)12-3-4-17(14(18)8-12)24-10-13-9-23-6-5-15(13)20-26(2,21)22/h3-4,7-8,13,15,20H,5-6,9-10H2,1-2H3/t13-,15+/m1/s1. The summed E-state index contributed by atoms with van der Waals surface area (Å²) in [5, 5.41) is 3.86. The van der Waals surface area contributed by atoms with E-state index in [9.17, 15) is 12.8 Å². The minimum atomic E-state index is -3.33. The summed E-state index contributed by atoms with van der Waals surface area (Å²) in [7, 11) is -3.33. The van der Waals surface area contributed by atoms with Crippen LogP contribution in [-0.4, -0.2) is 45.7 Å². The number of rotatable bonds is 6. The molecule has 0 radical (unpaired) electrons. The van der Waals surface area contributed by atoms with Crippen molar-refractivity contribution in [1.82, 2.24) is 9.88 Å². The average Bonchev–Trinajstić information content (AvgIpc) is 3.00.